The van der Waals surface area contributed by atoms with Crippen LogP contribution in [-0.4, -0.2) is 25.6 Å². The van der Waals surface area contributed by atoms with Crippen LogP contribution in [0.15, 0.2) is 54.6 Å². The molecular formula is C14H12N4O2. The first-order chi connectivity index (χ1) is 9.81. The minimum absolute atomic E-state index is 0.378. The van der Waals surface area contributed by atoms with E-state index in [1.165, 1.54) is 0 Å². The summed E-state index contributed by atoms with van der Waals surface area (Å²) in [5.74, 6) is 1.21. The minimum Gasteiger partial charge on any atom is -0.489 e. The van der Waals surface area contributed by atoms with Gasteiger partial charge in [0.05, 0.1) is 0 Å². The fourth-order valence-electron chi connectivity index (χ4n) is 1.76. The van der Waals surface area contributed by atoms with Gasteiger partial charge in [0.15, 0.2) is 0 Å². The summed E-state index contributed by atoms with van der Waals surface area (Å²) in [6, 6.07) is 17.2. The molecule has 0 atom stereocenters. The van der Waals surface area contributed by atoms with Crippen molar-refractivity contribution in [3.05, 3.63) is 60.2 Å². The van der Waals surface area contributed by atoms with Crippen LogP contribution in [0.3, 0.4) is 0 Å². The normalized spacial score (nSPS) is 10.4. The lowest BCUT2D eigenvalue weighted by atomic mass is 10.1. The molecule has 0 saturated carbocycles. The SMILES string of the molecule is On1nnc(-c2ccc(COc3ccccc3)cc2)n1. The summed E-state index contributed by atoms with van der Waals surface area (Å²) >= 11 is 0. The molecule has 1 N–H and O–H groups in total. The van der Waals surface area contributed by atoms with Crippen LogP contribution in [0.25, 0.3) is 11.4 Å². The van der Waals surface area contributed by atoms with Crippen LogP contribution in [0.4, 0.5) is 0 Å². The van der Waals surface area contributed by atoms with E-state index in [0.717, 1.165) is 16.9 Å². The minimum atomic E-state index is 0.378. The largest absolute Gasteiger partial charge is 0.489 e. The molecule has 3 rings (SSSR count). The van der Waals surface area contributed by atoms with E-state index in [4.69, 9.17) is 9.94 Å². The fourth-order valence-corrected chi connectivity index (χ4v) is 1.76. The average molecular weight is 268 g/mol. The van der Waals surface area contributed by atoms with Gasteiger partial charge in [0.2, 0.25) is 5.82 Å². The molecule has 6 nitrogen and oxygen atoms in total. The fraction of sp³-hybridized carbons (Fsp3) is 0.0714. The van der Waals surface area contributed by atoms with Crippen molar-refractivity contribution < 1.29 is 9.94 Å². The lowest BCUT2D eigenvalue weighted by Crippen LogP contribution is -1.95. The van der Waals surface area contributed by atoms with Gasteiger partial charge in [-0.15, -0.1) is 5.10 Å². The Balaban J connectivity index is 1.67. The third-order valence-corrected chi connectivity index (χ3v) is 2.76. The third kappa shape index (κ3) is 2.74. The van der Waals surface area contributed by atoms with Crippen molar-refractivity contribution in [2.45, 2.75) is 6.61 Å². The number of ether oxygens (including phenoxy) is 1. The topological polar surface area (TPSA) is 73.1 Å². The lowest BCUT2D eigenvalue weighted by Gasteiger charge is -2.06. The number of para-hydroxylation sites is 1. The molecule has 0 fully saturated rings. The van der Waals surface area contributed by atoms with Crippen molar-refractivity contribution in [1.82, 2.24) is 20.4 Å². The van der Waals surface area contributed by atoms with Crippen molar-refractivity contribution >= 4 is 0 Å². The zero-order valence-corrected chi connectivity index (χ0v) is 10.5. The number of hydrogen-bond donors (Lipinski definition) is 1. The van der Waals surface area contributed by atoms with Gasteiger partial charge in [0.25, 0.3) is 0 Å². The van der Waals surface area contributed by atoms with Crippen LogP contribution in [0.1, 0.15) is 5.56 Å². The first-order valence-corrected chi connectivity index (χ1v) is 6.08. The maximum absolute atomic E-state index is 8.99. The predicted octanol–water partition coefficient (Wildman–Crippen LogP) is 2.16. The van der Waals surface area contributed by atoms with E-state index in [0.29, 0.717) is 17.4 Å². The third-order valence-electron chi connectivity index (χ3n) is 2.76. The maximum atomic E-state index is 8.99. The second-order valence-electron chi connectivity index (χ2n) is 4.18. The molecule has 100 valence electrons. The highest BCUT2D eigenvalue weighted by Crippen LogP contribution is 2.16. The van der Waals surface area contributed by atoms with E-state index in [1.54, 1.807) is 0 Å². The van der Waals surface area contributed by atoms with Gasteiger partial charge in [-0.05, 0) is 22.9 Å². The van der Waals surface area contributed by atoms with Gasteiger partial charge < -0.3 is 9.94 Å². The summed E-state index contributed by atoms with van der Waals surface area (Å²) in [5.41, 5.74) is 1.82. The number of aromatic nitrogens is 4. The molecule has 20 heavy (non-hydrogen) atoms. The Morgan fingerprint density at radius 2 is 1.75 bits per heavy atom. The molecule has 0 aliphatic heterocycles. The van der Waals surface area contributed by atoms with Crippen LogP contribution >= 0.6 is 0 Å². The molecule has 1 heterocycles. The van der Waals surface area contributed by atoms with E-state index >= 15 is 0 Å². The van der Waals surface area contributed by atoms with Crippen LogP contribution in [0, 0.1) is 0 Å². The summed E-state index contributed by atoms with van der Waals surface area (Å²) < 4.78 is 5.65. The maximum Gasteiger partial charge on any atom is 0.208 e. The van der Waals surface area contributed by atoms with Gasteiger partial charge in [-0.1, -0.05) is 47.6 Å². The van der Waals surface area contributed by atoms with Gasteiger partial charge in [-0.2, -0.15) is 0 Å². The highest BCUT2D eigenvalue weighted by atomic mass is 16.5. The Morgan fingerprint density at radius 1 is 1.00 bits per heavy atom. The molecule has 2 aromatic carbocycles. The second kappa shape index (κ2) is 5.40. The van der Waals surface area contributed by atoms with Crippen LogP contribution in [0.2, 0.25) is 0 Å². The van der Waals surface area contributed by atoms with Gasteiger partial charge in [0, 0.05) is 10.5 Å². The van der Waals surface area contributed by atoms with E-state index in [1.807, 2.05) is 54.6 Å². The molecule has 0 saturated heterocycles. The molecule has 0 amide bonds. The van der Waals surface area contributed by atoms with Crippen LogP contribution < -0.4 is 4.74 Å². The molecule has 0 spiro atoms. The zero-order chi connectivity index (χ0) is 13.8. The Bertz CT molecular complexity index is 680. The quantitative estimate of drug-likeness (QED) is 0.734. The molecule has 0 unspecified atom stereocenters. The van der Waals surface area contributed by atoms with Crippen molar-refractivity contribution in [2.75, 3.05) is 0 Å². The van der Waals surface area contributed by atoms with E-state index in [2.05, 4.69) is 15.4 Å². The number of hydrogen-bond acceptors (Lipinski definition) is 5. The van der Waals surface area contributed by atoms with Crippen LogP contribution in [-0.2, 0) is 6.61 Å². The number of benzene rings is 2. The Hall–Kier alpha value is -2.89. The monoisotopic (exact) mass is 268 g/mol. The highest BCUT2D eigenvalue weighted by Gasteiger charge is 2.05. The number of rotatable bonds is 4. The van der Waals surface area contributed by atoms with Crippen LogP contribution in [0.5, 0.6) is 5.75 Å². The molecule has 0 aliphatic carbocycles. The number of nitrogens with zero attached hydrogens (tertiary/aromatic N) is 4. The van der Waals surface area contributed by atoms with E-state index in [9.17, 15) is 0 Å². The summed E-state index contributed by atoms with van der Waals surface area (Å²) in [6.45, 7) is 0.490. The number of tetrazole rings is 1. The zero-order valence-electron chi connectivity index (χ0n) is 10.5. The van der Waals surface area contributed by atoms with Crippen molar-refractivity contribution in [3.8, 4) is 17.1 Å². The highest BCUT2D eigenvalue weighted by molar-refractivity contribution is 5.54. The molecule has 1 aromatic heterocycles. The van der Waals surface area contributed by atoms with Gasteiger partial charge >= 0.3 is 0 Å². The second-order valence-corrected chi connectivity index (χ2v) is 4.18. The molecule has 0 bridgehead atoms. The summed E-state index contributed by atoms with van der Waals surface area (Å²) in [7, 11) is 0. The first-order valence-electron chi connectivity index (χ1n) is 6.08. The Labute approximate surface area is 115 Å². The first kappa shape index (κ1) is 12.2. The van der Waals surface area contributed by atoms with Crippen molar-refractivity contribution in [3.63, 3.8) is 0 Å². The standard InChI is InChI=1S/C14H12N4O2/c19-18-16-14(15-17-18)12-8-6-11(7-9-12)10-20-13-4-2-1-3-5-13/h1-9,19H,10H2. The Morgan fingerprint density at radius 3 is 2.40 bits per heavy atom. The van der Waals surface area contributed by atoms with Crippen molar-refractivity contribution in [1.29, 1.82) is 0 Å². The Kier molecular flexibility index (Phi) is 3.28. The molecular weight excluding hydrogens is 256 g/mol. The molecule has 0 radical (unpaired) electrons. The summed E-state index contributed by atoms with van der Waals surface area (Å²) in [6.07, 6.45) is 0. The molecule has 3 aromatic rings. The van der Waals surface area contributed by atoms with Gasteiger partial charge in [0.1, 0.15) is 12.4 Å². The summed E-state index contributed by atoms with van der Waals surface area (Å²) in [5, 5.41) is 19.8. The van der Waals surface area contributed by atoms with Crippen molar-refractivity contribution in [2.24, 2.45) is 0 Å². The average Bonchev–Trinajstić information content (AvgIpc) is 2.93. The van der Waals surface area contributed by atoms with E-state index in [-0.39, 0.29) is 0 Å². The van der Waals surface area contributed by atoms with Gasteiger partial charge in [-0.3, -0.25) is 0 Å². The predicted molar refractivity (Wildman–Crippen MR) is 71.2 cm³/mol. The smallest absolute Gasteiger partial charge is 0.208 e. The summed E-state index contributed by atoms with van der Waals surface area (Å²) in [4.78, 5) is 0.446. The molecule has 0 aliphatic rings. The molecule has 6 heteroatoms. The lowest BCUT2D eigenvalue weighted by molar-refractivity contribution is 0.107. The van der Waals surface area contributed by atoms with E-state index < -0.39 is 0 Å². The van der Waals surface area contributed by atoms with Gasteiger partial charge in [-0.25, -0.2) is 0 Å².